The van der Waals surface area contributed by atoms with Crippen LogP contribution in [-0.4, -0.2) is 58.8 Å². The van der Waals surface area contributed by atoms with Gasteiger partial charge in [-0.05, 0) is 54.7 Å². The highest BCUT2D eigenvalue weighted by Gasteiger charge is 2.45. The molecule has 6 nitrogen and oxygen atoms in total. The van der Waals surface area contributed by atoms with Crippen molar-refractivity contribution in [3.63, 3.8) is 0 Å². The van der Waals surface area contributed by atoms with Crippen LogP contribution in [0.25, 0.3) is 0 Å². The largest absolute Gasteiger partial charge is 0.355 e. The van der Waals surface area contributed by atoms with Gasteiger partial charge in [0.1, 0.15) is 0 Å². The molecule has 174 valence electrons. The van der Waals surface area contributed by atoms with Gasteiger partial charge in [-0.25, -0.2) is 0 Å². The molecule has 0 radical (unpaired) electrons. The molecule has 5 rings (SSSR count). The van der Waals surface area contributed by atoms with Crippen LogP contribution in [0.3, 0.4) is 0 Å². The fourth-order valence-corrected chi connectivity index (χ4v) is 5.54. The number of aromatic nitrogens is 1. The molecule has 0 saturated carbocycles. The Kier molecular flexibility index (Phi) is 6.16. The quantitative estimate of drug-likeness (QED) is 0.636. The minimum atomic E-state index is -0.0844. The monoisotopic (exact) mass is 454 g/mol. The van der Waals surface area contributed by atoms with Gasteiger partial charge in [-0.1, -0.05) is 42.5 Å². The average Bonchev–Trinajstić information content (AvgIpc) is 3.11. The minimum Gasteiger partial charge on any atom is -0.355 e. The van der Waals surface area contributed by atoms with E-state index in [1.54, 1.807) is 19.4 Å². The molecule has 1 aromatic heterocycles. The molecule has 34 heavy (non-hydrogen) atoms. The molecule has 2 aromatic carbocycles. The van der Waals surface area contributed by atoms with Crippen LogP contribution in [0.2, 0.25) is 0 Å². The third kappa shape index (κ3) is 4.21. The van der Waals surface area contributed by atoms with Crippen molar-refractivity contribution in [2.75, 3.05) is 20.1 Å². The SMILES string of the molecule is CNC(=O)c1cccc(C(c2ccccc2)N2C3CCC2CN(C(=O)c2cncc(C)c2)C3)c1. The van der Waals surface area contributed by atoms with Crippen LogP contribution in [-0.2, 0) is 0 Å². The average molecular weight is 455 g/mol. The molecule has 3 unspecified atom stereocenters. The number of aryl methyl sites for hydroxylation is 1. The summed E-state index contributed by atoms with van der Waals surface area (Å²) in [5.41, 5.74) is 4.62. The fraction of sp³-hybridized carbons (Fsp3) is 0.321. The molecule has 2 saturated heterocycles. The van der Waals surface area contributed by atoms with Gasteiger partial charge >= 0.3 is 0 Å². The van der Waals surface area contributed by atoms with E-state index >= 15 is 0 Å². The Balaban J connectivity index is 1.47. The van der Waals surface area contributed by atoms with Crippen molar-refractivity contribution in [1.29, 1.82) is 0 Å². The van der Waals surface area contributed by atoms with E-state index in [4.69, 9.17) is 0 Å². The van der Waals surface area contributed by atoms with Gasteiger partial charge in [-0.3, -0.25) is 19.5 Å². The van der Waals surface area contributed by atoms with E-state index in [1.165, 1.54) is 5.56 Å². The van der Waals surface area contributed by atoms with E-state index in [2.05, 4.69) is 45.5 Å². The van der Waals surface area contributed by atoms with Gasteiger partial charge in [0, 0.05) is 50.2 Å². The molecule has 1 N–H and O–H groups in total. The lowest BCUT2D eigenvalue weighted by Gasteiger charge is -2.45. The first-order valence-electron chi connectivity index (χ1n) is 11.9. The van der Waals surface area contributed by atoms with Gasteiger partial charge < -0.3 is 10.2 Å². The molecule has 2 aliphatic heterocycles. The maximum atomic E-state index is 13.3. The first-order chi connectivity index (χ1) is 16.5. The summed E-state index contributed by atoms with van der Waals surface area (Å²) in [6, 6.07) is 20.9. The highest BCUT2D eigenvalue weighted by atomic mass is 16.2. The van der Waals surface area contributed by atoms with E-state index < -0.39 is 0 Å². The number of hydrogen-bond donors (Lipinski definition) is 1. The second-order valence-electron chi connectivity index (χ2n) is 9.31. The number of pyridine rings is 1. The van der Waals surface area contributed by atoms with Crippen molar-refractivity contribution >= 4 is 11.8 Å². The van der Waals surface area contributed by atoms with E-state index in [9.17, 15) is 9.59 Å². The Bertz CT molecular complexity index is 1180. The molecule has 6 heteroatoms. The van der Waals surface area contributed by atoms with Crippen LogP contribution < -0.4 is 5.32 Å². The number of carbonyl (C=O) groups excluding carboxylic acids is 2. The molecule has 2 bridgehead atoms. The highest BCUT2D eigenvalue weighted by molar-refractivity contribution is 5.94. The van der Waals surface area contributed by atoms with E-state index in [0.717, 1.165) is 24.0 Å². The maximum Gasteiger partial charge on any atom is 0.255 e. The molecule has 0 spiro atoms. The lowest BCUT2D eigenvalue weighted by molar-refractivity contribution is 0.0339. The van der Waals surface area contributed by atoms with Crippen molar-refractivity contribution in [3.8, 4) is 0 Å². The van der Waals surface area contributed by atoms with Crippen LogP contribution in [0.5, 0.6) is 0 Å². The minimum absolute atomic E-state index is 0.0289. The Morgan fingerprint density at radius 2 is 1.62 bits per heavy atom. The number of piperazine rings is 1. The number of carbonyl (C=O) groups is 2. The van der Waals surface area contributed by atoms with Crippen molar-refractivity contribution in [3.05, 3.63) is 101 Å². The summed E-state index contributed by atoms with van der Waals surface area (Å²) < 4.78 is 0. The number of rotatable bonds is 5. The Morgan fingerprint density at radius 3 is 2.29 bits per heavy atom. The third-order valence-electron chi connectivity index (χ3n) is 7.05. The number of nitrogens with one attached hydrogen (secondary N) is 1. The van der Waals surface area contributed by atoms with Crippen molar-refractivity contribution < 1.29 is 9.59 Å². The van der Waals surface area contributed by atoms with Crippen molar-refractivity contribution in [2.24, 2.45) is 0 Å². The number of fused-ring (bicyclic) bond motifs is 2. The third-order valence-corrected chi connectivity index (χ3v) is 7.05. The molecule has 2 amide bonds. The lowest BCUT2D eigenvalue weighted by atomic mass is 9.93. The zero-order valence-electron chi connectivity index (χ0n) is 19.6. The maximum absolute atomic E-state index is 13.3. The predicted octanol–water partition coefficient (Wildman–Crippen LogP) is 3.83. The predicted molar refractivity (Wildman–Crippen MR) is 132 cm³/mol. The molecule has 3 aromatic rings. The van der Waals surface area contributed by atoms with Gasteiger partial charge in [0.25, 0.3) is 11.8 Å². The zero-order chi connectivity index (χ0) is 23.7. The lowest BCUT2D eigenvalue weighted by Crippen LogP contribution is -2.56. The van der Waals surface area contributed by atoms with Gasteiger partial charge in [0.2, 0.25) is 0 Å². The summed E-state index contributed by atoms with van der Waals surface area (Å²) in [6.45, 7) is 3.35. The summed E-state index contributed by atoms with van der Waals surface area (Å²) in [4.78, 5) is 34.4. The summed E-state index contributed by atoms with van der Waals surface area (Å²) in [5.74, 6) is -0.0237. The zero-order valence-corrected chi connectivity index (χ0v) is 19.6. The van der Waals surface area contributed by atoms with E-state index in [0.29, 0.717) is 24.2 Å². The molecule has 2 fully saturated rings. The molecule has 3 heterocycles. The number of amides is 2. The highest BCUT2D eigenvalue weighted by Crippen LogP contribution is 2.41. The van der Waals surface area contributed by atoms with Crippen LogP contribution in [0.15, 0.2) is 73.1 Å². The van der Waals surface area contributed by atoms with Gasteiger partial charge in [-0.15, -0.1) is 0 Å². The standard InChI is InChI=1S/C28H30N4O2/c1-19-13-23(16-30-15-19)28(34)31-17-24-11-12-25(18-31)32(24)26(20-7-4-3-5-8-20)21-9-6-10-22(14-21)27(33)29-2/h3-10,13-16,24-26H,11-12,17-18H2,1-2H3,(H,29,33). The Labute approximate surface area is 200 Å². The first kappa shape index (κ1) is 22.3. The molecule has 0 aliphatic carbocycles. The van der Waals surface area contributed by atoms with Crippen molar-refractivity contribution in [2.45, 2.75) is 37.9 Å². The second kappa shape index (κ2) is 9.39. The Morgan fingerprint density at radius 1 is 0.912 bits per heavy atom. The van der Waals surface area contributed by atoms with E-state index in [-0.39, 0.29) is 29.9 Å². The summed E-state index contributed by atoms with van der Waals surface area (Å²) >= 11 is 0. The van der Waals surface area contributed by atoms with Crippen LogP contribution in [0, 0.1) is 6.92 Å². The van der Waals surface area contributed by atoms with Gasteiger partial charge in [0.15, 0.2) is 0 Å². The van der Waals surface area contributed by atoms with E-state index in [1.807, 2.05) is 42.2 Å². The number of likely N-dealkylation sites (tertiary alicyclic amines) is 1. The van der Waals surface area contributed by atoms with Crippen LogP contribution >= 0.6 is 0 Å². The number of nitrogens with zero attached hydrogens (tertiary/aromatic N) is 3. The molecule has 3 atom stereocenters. The van der Waals surface area contributed by atoms with Crippen LogP contribution in [0.1, 0.15) is 56.3 Å². The van der Waals surface area contributed by atoms with Crippen LogP contribution in [0.4, 0.5) is 0 Å². The van der Waals surface area contributed by atoms with Gasteiger partial charge in [0.05, 0.1) is 11.6 Å². The topological polar surface area (TPSA) is 65.5 Å². The Hall–Kier alpha value is -3.51. The fourth-order valence-electron chi connectivity index (χ4n) is 5.54. The van der Waals surface area contributed by atoms with Crippen molar-refractivity contribution in [1.82, 2.24) is 20.1 Å². The molecular formula is C28H30N4O2. The molecule has 2 aliphatic rings. The summed E-state index contributed by atoms with van der Waals surface area (Å²) in [6.07, 6.45) is 5.55. The first-order valence-corrected chi connectivity index (χ1v) is 11.9. The number of hydrogen-bond acceptors (Lipinski definition) is 4. The normalized spacial score (nSPS) is 20.7. The smallest absolute Gasteiger partial charge is 0.255 e. The second-order valence-corrected chi connectivity index (χ2v) is 9.31. The number of benzene rings is 2. The van der Waals surface area contributed by atoms with Gasteiger partial charge in [-0.2, -0.15) is 0 Å². The summed E-state index contributed by atoms with van der Waals surface area (Å²) in [5, 5.41) is 2.73. The molecular weight excluding hydrogens is 424 g/mol. The summed E-state index contributed by atoms with van der Waals surface area (Å²) in [7, 11) is 1.66.